The van der Waals surface area contributed by atoms with Crippen molar-refractivity contribution < 1.29 is 18.0 Å². The first kappa shape index (κ1) is 24.2. The predicted octanol–water partition coefficient (Wildman–Crippen LogP) is 3.06. The van der Waals surface area contributed by atoms with Crippen molar-refractivity contribution in [3.8, 4) is 0 Å². The van der Waals surface area contributed by atoms with Crippen molar-refractivity contribution in [3.05, 3.63) is 65.2 Å². The van der Waals surface area contributed by atoms with E-state index < -0.39 is 16.1 Å². The highest BCUT2D eigenvalue weighted by Crippen LogP contribution is 2.27. The normalized spacial score (nSPS) is 16.5. The van der Waals surface area contributed by atoms with Crippen molar-refractivity contribution >= 4 is 33.4 Å². The zero-order valence-corrected chi connectivity index (χ0v) is 19.7. The molecule has 2 amide bonds. The van der Waals surface area contributed by atoms with Crippen LogP contribution in [0.5, 0.6) is 0 Å². The molecule has 1 atom stereocenters. The largest absolute Gasteiger partial charge is 0.352 e. The summed E-state index contributed by atoms with van der Waals surface area (Å²) >= 11 is 5.87. The molecule has 0 unspecified atom stereocenters. The molecule has 9 heteroatoms. The summed E-state index contributed by atoms with van der Waals surface area (Å²) in [5.41, 5.74) is 0.470. The average Bonchev–Trinajstić information content (AvgIpc) is 2.78. The zero-order valence-electron chi connectivity index (χ0n) is 18.1. The molecule has 2 aromatic carbocycles. The first-order chi connectivity index (χ1) is 15.2. The van der Waals surface area contributed by atoms with Crippen LogP contribution in [0.15, 0.2) is 59.5 Å². The van der Waals surface area contributed by atoms with Crippen molar-refractivity contribution in [2.45, 2.75) is 43.7 Å². The van der Waals surface area contributed by atoms with Crippen LogP contribution in [0.25, 0.3) is 0 Å². The number of sulfonamides is 1. The number of nitrogens with one attached hydrogen (secondary N) is 2. The number of amides is 2. The molecular weight excluding hydrogens is 450 g/mol. The third-order valence-electron chi connectivity index (χ3n) is 5.46. The van der Waals surface area contributed by atoms with E-state index >= 15 is 0 Å². The Bertz CT molecular complexity index is 1030. The third kappa shape index (κ3) is 5.88. The number of halogens is 1. The van der Waals surface area contributed by atoms with E-state index in [2.05, 4.69) is 10.6 Å². The number of benzene rings is 2. The van der Waals surface area contributed by atoms with Crippen molar-refractivity contribution in [2.75, 3.05) is 13.1 Å². The Labute approximate surface area is 194 Å². The lowest BCUT2D eigenvalue weighted by Crippen LogP contribution is -2.54. The van der Waals surface area contributed by atoms with E-state index in [1.165, 1.54) is 16.4 Å². The second kappa shape index (κ2) is 10.5. The number of nitrogens with zero attached hydrogens (tertiary/aromatic N) is 1. The van der Waals surface area contributed by atoms with E-state index in [-0.39, 0.29) is 41.8 Å². The highest BCUT2D eigenvalue weighted by atomic mass is 35.5. The Balaban J connectivity index is 1.72. The minimum absolute atomic E-state index is 0.0796. The van der Waals surface area contributed by atoms with Gasteiger partial charge in [-0.15, -0.1) is 0 Å². The van der Waals surface area contributed by atoms with E-state index in [0.717, 1.165) is 0 Å². The fraction of sp³-hybridized carbons (Fsp3) is 0.391. The lowest BCUT2D eigenvalue weighted by Gasteiger charge is -2.35. The molecule has 2 N–H and O–H groups in total. The highest BCUT2D eigenvalue weighted by molar-refractivity contribution is 7.89. The predicted molar refractivity (Wildman–Crippen MR) is 124 cm³/mol. The van der Waals surface area contributed by atoms with Gasteiger partial charge in [-0.3, -0.25) is 9.59 Å². The van der Waals surface area contributed by atoms with E-state index in [0.29, 0.717) is 23.4 Å². The molecule has 0 saturated carbocycles. The van der Waals surface area contributed by atoms with Gasteiger partial charge in [-0.05, 0) is 69.0 Å². The number of rotatable bonds is 7. The summed E-state index contributed by atoms with van der Waals surface area (Å²) in [7, 11) is -3.65. The monoisotopic (exact) mass is 477 g/mol. The number of carbonyl (C=O) groups is 2. The summed E-state index contributed by atoms with van der Waals surface area (Å²) in [6.07, 6.45) is 0.913. The first-order valence-electron chi connectivity index (χ1n) is 10.6. The lowest BCUT2D eigenvalue weighted by molar-refractivity contribution is -0.125. The van der Waals surface area contributed by atoms with E-state index in [1.54, 1.807) is 36.4 Å². The summed E-state index contributed by atoms with van der Waals surface area (Å²) in [6, 6.07) is 14.0. The maximum Gasteiger partial charge on any atom is 0.251 e. The molecule has 2 aromatic rings. The molecule has 172 valence electrons. The van der Waals surface area contributed by atoms with Crippen molar-refractivity contribution in [1.29, 1.82) is 0 Å². The second-order valence-corrected chi connectivity index (χ2v) is 10.6. The third-order valence-corrected chi connectivity index (χ3v) is 7.62. The quantitative estimate of drug-likeness (QED) is 0.640. The second-order valence-electron chi connectivity index (χ2n) is 8.18. The molecule has 1 aliphatic heterocycles. The zero-order chi connectivity index (χ0) is 23.3. The van der Waals surface area contributed by atoms with Crippen LogP contribution in [-0.2, 0) is 14.8 Å². The molecular formula is C23H28ClN3O4S. The lowest BCUT2D eigenvalue weighted by atomic mass is 9.89. The smallest absolute Gasteiger partial charge is 0.251 e. The molecule has 3 rings (SSSR count). The first-order valence-corrected chi connectivity index (χ1v) is 12.4. The standard InChI is InChI=1S/C23H28ClN3O4S/c1-16(2)25-23(29)21(26-22(28)18-6-4-3-5-7-18)17-12-14-27(15-13-17)32(30,31)20-10-8-19(24)9-11-20/h3-11,16-17,21H,12-15H2,1-2H3,(H,25,29)(H,26,28)/t21-/m1/s1. The highest BCUT2D eigenvalue weighted by Gasteiger charge is 2.36. The summed E-state index contributed by atoms with van der Waals surface area (Å²) < 4.78 is 27.3. The van der Waals surface area contributed by atoms with Gasteiger partial charge in [-0.1, -0.05) is 29.8 Å². The Morgan fingerprint density at radius 1 is 0.969 bits per heavy atom. The fourth-order valence-electron chi connectivity index (χ4n) is 3.79. The van der Waals surface area contributed by atoms with Gasteiger partial charge in [0.2, 0.25) is 15.9 Å². The number of hydrogen-bond donors (Lipinski definition) is 2. The van der Waals surface area contributed by atoms with E-state index in [9.17, 15) is 18.0 Å². The number of carbonyl (C=O) groups excluding carboxylic acids is 2. The van der Waals surface area contributed by atoms with Crippen molar-refractivity contribution in [3.63, 3.8) is 0 Å². The molecule has 7 nitrogen and oxygen atoms in total. The van der Waals surface area contributed by atoms with Crippen LogP contribution in [0, 0.1) is 5.92 Å². The van der Waals surface area contributed by atoms with E-state index in [1.807, 2.05) is 19.9 Å². The van der Waals surface area contributed by atoms with E-state index in [4.69, 9.17) is 11.6 Å². The summed E-state index contributed by atoms with van der Waals surface area (Å²) in [4.78, 5) is 25.8. The molecule has 1 aliphatic rings. The fourth-order valence-corrected chi connectivity index (χ4v) is 5.39. The van der Waals surface area contributed by atoms with Gasteiger partial charge in [-0.25, -0.2) is 8.42 Å². The van der Waals surface area contributed by atoms with Gasteiger partial charge in [-0.2, -0.15) is 4.31 Å². The maximum atomic E-state index is 13.0. The maximum absolute atomic E-state index is 13.0. The summed E-state index contributed by atoms with van der Waals surface area (Å²) in [5, 5.41) is 6.21. The molecule has 1 saturated heterocycles. The Morgan fingerprint density at radius 3 is 2.12 bits per heavy atom. The Hall–Kier alpha value is -2.42. The van der Waals surface area contributed by atoms with Gasteiger partial charge in [0.25, 0.3) is 5.91 Å². The SMILES string of the molecule is CC(C)NC(=O)[C@H](NC(=O)c1ccccc1)C1CCN(S(=O)(=O)c2ccc(Cl)cc2)CC1. The van der Waals surface area contributed by atoms with Crippen LogP contribution < -0.4 is 10.6 Å². The average molecular weight is 478 g/mol. The van der Waals surface area contributed by atoms with Crippen LogP contribution in [0.3, 0.4) is 0 Å². The van der Waals surface area contributed by atoms with Gasteiger partial charge in [0.1, 0.15) is 6.04 Å². The van der Waals surface area contributed by atoms with Crippen LogP contribution in [0.2, 0.25) is 5.02 Å². The number of piperidine rings is 1. The van der Waals surface area contributed by atoms with Crippen molar-refractivity contribution in [1.82, 2.24) is 14.9 Å². The van der Waals surface area contributed by atoms with Crippen LogP contribution >= 0.6 is 11.6 Å². The molecule has 0 aliphatic carbocycles. The number of hydrogen-bond acceptors (Lipinski definition) is 4. The van der Waals surface area contributed by atoms with Crippen molar-refractivity contribution in [2.24, 2.45) is 5.92 Å². The molecule has 0 bridgehead atoms. The summed E-state index contributed by atoms with van der Waals surface area (Å²) in [5.74, 6) is -0.771. The van der Waals surface area contributed by atoms with Crippen LogP contribution in [0.4, 0.5) is 0 Å². The Morgan fingerprint density at radius 2 is 1.56 bits per heavy atom. The van der Waals surface area contributed by atoms with Gasteiger partial charge >= 0.3 is 0 Å². The molecule has 0 aromatic heterocycles. The Kier molecular flexibility index (Phi) is 7.92. The molecule has 0 spiro atoms. The van der Waals surface area contributed by atoms with Crippen LogP contribution in [0.1, 0.15) is 37.0 Å². The topological polar surface area (TPSA) is 95.6 Å². The molecule has 0 radical (unpaired) electrons. The summed E-state index contributed by atoms with van der Waals surface area (Å²) in [6.45, 7) is 4.25. The van der Waals surface area contributed by atoms with Gasteiger partial charge in [0.05, 0.1) is 4.90 Å². The minimum atomic E-state index is -3.65. The van der Waals surface area contributed by atoms with Gasteiger partial charge in [0, 0.05) is 29.7 Å². The van der Waals surface area contributed by atoms with Crippen LogP contribution in [-0.4, -0.2) is 49.7 Å². The minimum Gasteiger partial charge on any atom is -0.352 e. The molecule has 32 heavy (non-hydrogen) atoms. The van der Waals surface area contributed by atoms with Gasteiger partial charge < -0.3 is 10.6 Å². The molecule has 1 fully saturated rings. The molecule has 1 heterocycles. The van der Waals surface area contributed by atoms with Gasteiger partial charge in [0.15, 0.2) is 0 Å².